The lowest BCUT2D eigenvalue weighted by Gasteiger charge is -2.11. The standard InChI is InChI=1S/C20H21O2PS/c1-4-13-6-8-14(9-7-13)17-12-15-10-11-18(24(3)23)16(5-2)19(15)22-20(17)21/h6-12,23H,4-5H2,1-3H3. The Hall–Kier alpha value is -1.70. The molecule has 3 rings (SSSR count). The summed E-state index contributed by atoms with van der Waals surface area (Å²) in [6.07, 6.45) is 3.93. The molecule has 1 heterocycles. The van der Waals surface area contributed by atoms with Crippen molar-refractivity contribution in [2.24, 2.45) is 0 Å². The minimum Gasteiger partial charge on any atom is -0.422 e. The van der Waals surface area contributed by atoms with E-state index < -0.39 is 0 Å². The van der Waals surface area contributed by atoms with Crippen LogP contribution < -0.4 is 5.63 Å². The first-order valence-corrected chi connectivity index (χ1v) is 11.0. The minimum absolute atomic E-state index is 0.0546. The number of aryl methyl sites for hydroxylation is 2. The van der Waals surface area contributed by atoms with Crippen LogP contribution in [0.25, 0.3) is 22.1 Å². The molecule has 0 fully saturated rings. The molecule has 2 nitrogen and oxygen atoms in total. The molecule has 0 saturated heterocycles. The van der Waals surface area contributed by atoms with E-state index in [9.17, 15) is 4.79 Å². The van der Waals surface area contributed by atoms with Gasteiger partial charge in [0.25, 0.3) is 0 Å². The Morgan fingerprint density at radius 2 is 1.75 bits per heavy atom. The van der Waals surface area contributed by atoms with Crippen molar-refractivity contribution in [2.75, 3.05) is 6.26 Å². The summed E-state index contributed by atoms with van der Waals surface area (Å²) >= 11 is 0. The summed E-state index contributed by atoms with van der Waals surface area (Å²) in [5.41, 5.74) is 4.33. The van der Waals surface area contributed by atoms with Crippen LogP contribution in [0.1, 0.15) is 25.0 Å². The Labute approximate surface area is 146 Å². The van der Waals surface area contributed by atoms with Crippen LogP contribution in [-0.4, -0.2) is 6.26 Å². The molecule has 2 aromatic carbocycles. The predicted molar refractivity (Wildman–Crippen MR) is 107 cm³/mol. The summed E-state index contributed by atoms with van der Waals surface area (Å²) in [7, 11) is 3.65. The molecule has 0 N–H and O–H groups in total. The zero-order valence-electron chi connectivity index (χ0n) is 14.2. The zero-order chi connectivity index (χ0) is 17.3. The van der Waals surface area contributed by atoms with Crippen molar-refractivity contribution in [3.8, 4) is 11.1 Å². The summed E-state index contributed by atoms with van der Waals surface area (Å²) < 4.78 is 5.74. The summed E-state index contributed by atoms with van der Waals surface area (Å²) in [6, 6.07) is 14.2. The largest absolute Gasteiger partial charge is 0.422 e. The minimum atomic E-state index is -0.274. The molecular formula is C20H21O2PS. The highest BCUT2D eigenvalue weighted by molar-refractivity contribution is 8.15. The van der Waals surface area contributed by atoms with E-state index in [1.807, 2.05) is 24.3 Å². The normalized spacial score (nSPS) is 12.5. The molecule has 0 bridgehead atoms. The second-order valence-corrected chi connectivity index (χ2v) is 9.12. The number of rotatable bonds is 4. The highest BCUT2D eigenvalue weighted by Crippen LogP contribution is 2.28. The van der Waals surface area contributed by atoms with Crippen LogP contribution >= 0.6 is 8.02 Å². The van der Waals surface area contributed by atoms with E-state index in [1.165, 1.54) is 10.5 Å². The Kier molecular flexibility index (Phi) is 5.03. The fraction of sp³-hybridized carbons (Fsp3) is 0.250. The Morgan fingerprint density at radius 1 is 1.04 bits per heavy atom. The van der Waals surface area contributed by atoms with Crippen LogP contribution in [0.2, 0.25) is 0 Å². The summed E-state index contributed by atoms with van der Waals surface area (Å²) in [6.45, 7) is 4.21. The van der Waals surface area contributed by atoms with E-state index >= 15 is 0 Å². The van der Waals surface area contributed by atoms with Gasteiger partial charge in [-0.3, -0.25) is 0 Å². The molecule has 0 aliphatic heterocycles. The molecule has 0 saturated carbocycles. The maximum Gasteiger partial charge on any atom is 0.344 e. The lowest BCUT2D eigenvalue weighted by Crippen LogP contribution is -2.05. The first-order chi connectivity index (χ1) is 11.5. The molecule has 1 aromatic heterocycles. The molecule has 3 aromatic rings. The number of benzene rings is 2. The Morgan fingerprint density at radius 3 is 2.33 bits per heavy atom. The van der Waals surface area contributed by atoms with Gasteiger partial charge in [0.2, 0.25) is 0 Å². The lowest BCUT2D eigenvalue weighted by molar-refractivity contribution is 0.558. The molecule has 0 spiro atoms. The Balaban J connectivity index is 2.22. The van der Waals surface area contributed by atoms with Crippen LogP contribution in [0, 0.1) is 0 Å². The quantitative estimate of drug-likeness (QED) is 0.472. The third-order valence-corrected chi connectivity index (χ3v) is 6.02. The summed E-state index contributed by atoms with van der Waals surface area (Å²) in [5, 5.41) is 0.974. The van der Waals surface area contributed by atoms with Crippen molar-refractivity contribution < 1.29 is 4.42 Å². The van der Waals surface area contributed by atoms with Crippen molar-refractivity contribution in [1.29, 1.82) is 0 Å². The van der Waals surface area contributed by atoms with Gasteiger partial charge < -0.3 is 4.42 Å². The lowest BCUT2D eigenvalue weighted by atomic mass is 10.0. The van der Waals surface area contributed by atoms with E-state index in [-0.39, 0.29) is 15.7 Å². The van der Waals surface area contributed by atoms with E-state index in [2.05, 4.69) is 46.3 Å². The third kappa shape index (κ3) is 3.11. The Bertz CT molecular complexity index is 971. The molecule has 124 valence electrons. The maximum absolute atomic E-state index is 12.6. The highest BCUT2D eigenvalue weighted by atomic mass is 32.5. The monoisotopic (exact) mass is 356 g/mol. The van der Waals surface area contributed by atoms with E-state index in [0.717, 1.165) is 29.4 Å². The molecule has 0 aliphatic rings. The average molecular weight is 356 g/mol. The van der Waals surface area contributed by atoms with Gasteiger partial charge in [-0.15, -0.1) is 10.1 Å². The van der Waals surface area contributed by atoms with Crippen LogP contribution in [0.15, 0.2) is 56.6 Å². The molecular weight excluding hydrogens is 335 g/mol. The van der Waals surface area contributed by atoms with Gasteiger partial charge in [-0.05, 0) is 42.4 Å². The van der Waals surface area contributed by atoms with E-state index in [1.54, 1.807) is 0 Å². The van der Waals surface area contributed by atoms with Crippen molar-refractivity contribution >= 4 is 29.1 Å². The summed E-state index contributed by atoms with van der Waals surface area (Å²) in [5.74, 6) is 0. The second-order valence-electron chi connectivity index (χ2n) is 5.82. The van der Waals surface area contributed by atoms with Gasteiger partial charge in [-0.2, -0.15) is 0 Å². The number of hydrogen-bond acceptors (Lipinski definition) is 2. The summed E-state index contributed by atoms with van der Waals surface area (Å²) in [4.78, 5) is 13.8. The fourth-order valence-electron chi connectivity index (χ4n) is 2.97. The molecule has 0 radical (unpaired) electrons. The molecule has 1 unspecified atom stereocenters. The molecule has 1 atom stereocenters. The fourth-order valence-corrected chi connectivity index (χ4v) is 4.42. The van der Waals surface area contributed by atoms with Crippen molar-refractivity contribution in [3.63, 3.8) is 0 Å². The molecule has 0 amide bonds. The van der Waals surface area contributed by atoms with Gasteiger partial charge in [0.15, 0.2) is 0 Å². The van der Waals surface area contributed by atoms with Gasteiger partial charge in [-0.25, -0.2) is 4.79 Å². The number of fused-ring (bicyclic) bond motifs is 1. The SMILES string of the molecule is CCc1ccc(-c2cc3ccc(S(C)=P)c(CC)c3oc2=O)cc1. The van der Waals surface area contributed by atoms with Crippen molar-refractivity contribution in [1.82, 2.24) is 0 Å². The second kappa shape index (κ2) is 7.04. The topological polar surface area (TPSA) is 30.2 Å². The van der Waals surface area contributed by atoms with E-state index in [4.69, 9.17) is 4.42 Å². The maximum atomic E-state index is 12.6. The predicted octanol–water partition coefficient (Wildman–Crippen LogP) is 5.25. The molecule has 0 aliphatic carbocycles. The zero-order valence-corrected chi connectivity index (χ0v) is 16.0. The first-order valence-electron chi connectivity index (χ1n) is 8.11. The van der Waals surface area contributed by atoms with Gasteiger partial charge in [0, 0.05) is 15.8 Å². The van der Waals surface area contributed by atoms with Gasteiger partial charge >= 0.3 is 5.63 Å². The van der Waals surface area contributed by atoms with Crippen molar-refractivity contribution in [2.45, 2.75) is 31.6 Å². The van der Waals surface area contributed by atoms with Gasteiger partial charge in [-0.1, -0.05) is 52.2 Å². The van der Waals surface area contributed by atoms with Crippen LogP contribution in [0.4, 0.5) is 0 Å². The van der Waals surface area contributed by atoms with Gasteiger partial charge in [0.1, 0.15) is 5.58 Å². The van der Waals surface area contributed by atoms with Crippen LogP contribution in [0.3, 0.4) is 0 Å². The smallest absolute Gasteiger partial charge is 0.344 e. The molecule has 4 heteroatoms. The average Bonchev–Trinajstić information content (AvgIpc) is 2.60. The van der Waals surface area contributed by atoms with Crippen LogP contribution in [0.5, 0.6) is 0 Å². The van der Waals surface area contributed by atoms with E-state index in [0.29, 0.717) is 11.1 Å². The first kappa shape index (κ1) is 17.1. The molecule has 24 heavy (non-hydrogen) atoms. The third-order valence-electron chi connectivity index (χ3n) is 4.32. The van der Waals surface area contributed by atoms with Gasteiger partial charge in [0.05, 0.1) is 5.56 Å². The highest BCUT2D eigenvalue weighted by Gasteiger charge is 2.13. The van der Waals surface area contributed by atoms with Crippen LogP contribution in [-0.2, 0) is 22.9 Å². The number of hydrogen-bond donors (Lipinski definition) is 0. The van der Waals surface area contributed by atoms with Crippen molar-refractivity contribution in [3.05, 3.63) is 64.0 Å².